The fourth-order valence-corrected chi connectivity index (χ4v) is 2.29. The molecule has 1 unspecified atom stereocenters. The average Bonchev–Trinajstić information content (AvgIpc) is 2.89. The number of imide groups is 1. The highest BCUT2D eigenvalue weighted by Gasteiger charge is 2.30. The first-order chi connectivity index (χ1) is 11.4. The van der Waals surface area contributed by atoms with Crippen molar-refractivity contribution in [3.8, 4) is 0 Å². The molecule has 0 spiro atoms. The molecule has 1 atom stereocenters. The van der Waals surface area contributed by atoms with Crippen LogP contribution in [0.25, 0.3) is 0 Å². The van der Waals surface area contributed by atoms with Crippen molar-refractivity contribution in [1.82, 2.24) is 10.6 Å². The number of amides is 4. The van der Waals surface area contributed by atoms with Crippen LogP contribution in [0.1, 0.15) is 22.0 Å². The quantitative estimate of drug-likeness (QED) is 0.753. The molecule has 0 bridgehead atoms. The number of hydrogen-bond acceptors (Lipinski definition) is 3. The van der Waals surface area contributed by atoms with E-state index in [1.54, 1.807) is 18.2 Å². The molecule has 0 saturated carbocycles. The summed E-state index contributed by atoms with van der Waals surface area (Å²) in [4.78, 5) is 34.9. The minimum atomic E-state index is -1.12. The Labute approximate surface area is 134 Å². The minimum Gasteiger partial charge on any atom is -0.322 e. The summed E-state index contributed by atoms with van der Waals surface area (Å²) < 4.78 is 26.1. The lowest BCUT2D eigenvalue weighted by atomic mass is 10.1. The van der Waals surface area contributed by atoms with Crippen LogP contribution in [-0.2, 0) is 4.79 Å². The van der Waals surface area contributed by atoms with Gasteiger partial charge in [-0.15, -0.1) is 0 Å². The second-order valence-electron chi connectivity index (χ2n) is 5.10. The highest BCUT2D eigenvalue weighted by molar-refractivity contribution is 6.05. The Kier molecular flexibility index (Phi) is 3.95. The third kappa shape index (κ3) is 3.07. The highest BCUT2D eigenvalue weighted by atomic mass is 19.2. The molecule has 2 aromatic carbocycles. The largest absolute Gasteiger partial charge is 0.322 e. The lowest BCUT2D eigenvalue weighted by molar-refractivity contribution is -0.120. The second-order valence-corrected chi connectivity index (χ2v) is 5.10. The van der Waals surface area contributed by atoms with Gasteiger partial charge in [0.25, 0.3) is 11.8 Å². The second kappa shape index (κ2) is 6.07. The van der Waals surface area contributed by atoms with Gasteiger partial charge in [-0.05, 0) is 35.9 Å². The number of halogens is 2. The summed E-state index contributed by atoms with van der Waals surface area (Å²) in [5.41, 5.74) is 0.767. The lowest BCUT2D eigenvalue weighted by Gasteiger charge is -2.11. The number of nitrogens with one attached hydrogen (secondary N) is 3. The van der Waals surface area contributed by atoms with Crippen LogP contribution in [0.5, 0.6) is 0 Å². The fraction of sp³-hybridized carbons (Fsp3) is 0.0625. The molecule has 122 valence electrons. The summed E-state index contributed by atoms with van der Waals surface area (Å²) in [6.07, 6.45) is 0. The molecule has 1 heterocycles. The molecule has 3 rings (SSSR count). The van der Waals surface area contributed by atoms with Gasteiger partial charge in [-0.3, -0.25) is 14.9 Å². The van der Waals surface area contributed by atoms with E-state index in [-0.39, 0.29) is 5.56 Å². The van der Waals surface area contributed by atoms with Crippen LogP contribution in [0.4, 0.5) is 19.3 Å². The van der Waals surface area contributed by atoms with E-state index < -0.39 is 35.5 Å². The summed E-state index contributed by atoms with van der Waals surface area (Å²) in [7, 11) is 0. The number of carbonyl (C=O) groups is 3. The van der Waals surface area contributed by atoms with Crippen molar-refractivity contribution >= 4 is 23.5 Å². The van der Waals surface area contributed by atoms with E-state index in [0.717, 1.165) is 18.2 Å². The first-order valence-corrected chi connectivity index (χ1v) is 6.92. The third-order valence-corrected chi connectivity index (χ3v) is 3.43. The smallest absolute Gasteiger partial charge is 0.322 e. The Morgan fingerprint density at radius 2 is 1.83 bits per heavy atom. The molecule has 1 aliphatic heterocycles. The Hall–Kier alpha value is -3.29. The summed E-state index contributed by atoms with van der Waals surface area (Å²) >= 11 is 0. The molecule has 4 amide bonds. The molecule has 2 aromatic rings. The van der Waals surface area contributed by atoms with Crippen LogP contribution in [0.3, 0.4) is 0 Å². The number of carbonyl (C=O) groups excluding carboxylic acids is 3. The van der Waals surface area contributed by atoms with Crippen molar-refractivity contribution < 1.29 is 23.2 Å². The number of hydrogen-bond donors (Lipinski definition) is 3. The molecule has 0 aromatic heterocycles. The van der Waals surface area contributed by atoms with Gasteiger partial charge in [0.05, 0.1) is 0 Å². The molecule has 0 aliphatic carbocycles. The molecule has 3 N–H and O–H groups in total. The minimum absolute atomic E-state index is 0.0498. The third-order valence-electron chi connectivity index (χ3n) is 3.43. The zero-order valence-electron chi connectivity index (χ0n) is 12.1. The molecular weight excluding hydrogens is 320 g/mol. The van der Waals surface area contributed by atoms with E-state index in [2.05, 4.69) is 16.0 Å². The standard InChI is InChI=1S/C16H11F2N3O3/c17-11-5-4-9(7-12(11)18)14(22)19-10-3-1-2-8(6-10)13-15(23)21-16(24)20-13/h1-7,13H,(H,19,22)(H2,20,21,23,24). The number of anilines is 1. The maximum Gasteiger partial charge on any atom is 0.322 e. The van der Waals surface area contributed by atoms with E-state index >= 15 is 0 Å². The zero-order chi connectivity index (χ0) is 17.3. The maximum atomic E-state index is 13.2. The van der Waals surface area contributed by atoms with E-state index in [4.69, 9.17) is 0 Å². The lowest BCUT2D eigenvalue weighted by Crippen LogP contribution is -2.22. The number of urea groups is 1. The van der Waals surface area contributed by atoms with Gasteiger partial charge in [-0.2, -0.15) is 0 Å². The van der Waals surface area contributed by atoms with Crippen molar-refractivity contribution in [2.45, 2.75) is 6.04 Å². The van der Waals surface area contributed by atoms with E-state index in [9.17, 15) is 23.2 Å². The number of benzene rings is 2. The predicted octanol–water partition coefficient (Wildman–Crippen LogP) is 2.10. The summed E-state index contributed by atoms with van der Waals surface area (Å²) in [6, 6.07) is 7.64. The van der Waals surface area contributed by atoms with Gasteiger partial charge in [0.1, 0.15) is 6.04 Å². The maximum absolute atomic E-state index is 13.2. The molecule has 0 radical (unpaired) electrons. The first kappa shape index (κ1) is 15.6. The predicted molar refractivity (Wildman–Crippen MR) is 80.2 cm³/mol. The molecule has 8 heteroatoms. The van der Waals surface area contributed by atoms with Gasteiger partial charge in [0.15, 0.2) is 11.6 Å². The van der Waals surface area contributed by atoms with Crippen LogP contribution < -0.4 is 16.0 Å². The summed E-state index contributed by atoms with van der Waals surface area (Å²) in [6.45, 7) is 0. The molecule has 1 saturated heterocycles. The molecular formula is C16H11F2N3O3. The normalized spacial score (nSPS) is 16.5. The van der Waals surface area contributed by atoms with Crippen molar-refractivity contribution in [1.29, 1.82) is 0 Å². The van der Waals surface area contributed by atoms with Gasteiger partial charge < -0.3 is 10.6 Å². The van der Waals surface area contributed by atoms with E-state index in [1.807, 2.05) is 0 Å². The van der Waals surface area contributed by atoms with Crippen molar-refractivity contribution in [3.63, 3.8) is 0 Å². The van der Waals surface area contributed by atoms with Crippen LogP contribution in [0.2, 0.25) is 0 Å². The van der Waals surface area contributed by atoms with Crippen molar-refractivity contribution in [2.24, 2.45) is 0 Å². The van der Waals surface area contributed by atoms with E-state index in [1.165, 1.54) is 6.07 Å². The van der Waals surface area contributed by atoms with Gasteiger partial charge in [-0.25, -0.2) is 13.6 Å². The topological polar surface area (TPSA) is 87.3 Å². The molecule has 1 fully saturated rings. The SMILES string of the molecule is O=C1NC(=O)C(c2cccc(NC(=O)c3ccc(F)c(F)c3)c2)N1. The Balaban J connectivity index is 1.79. The fourth-order valence-electron chi connectivity index (χ4n) is 2.29. The van der Waals surface area contributed by atoms with Gasteiger partial charge in [-0.1, -0.05) is 12.1 Å². The monoisotopic (exact) mass is 331 g/mol. The van der Waals surface area contributed by atoms with Crippen LogP contribution in [0, 0.1) is 11.6 Å². The molecule has 1 aliphatic rings. The van der Waals surface area contributed by atoms with Crippen molar-refractivity contribution in [3.05, 3.63) is 65.2 Å². The zero-order valence-corrected chi connectivity index (χ0v) is 12.1. The highest BCUT2D eigenvalue weighted by Crippen LogP contribution is 2.21. The number of rotatable bonds is 3. The Bertz CT molecular complexity index is 854. The molecule has 24 heavy (non-hydrogen) atoms. The van der Waals surface area contributed by atoms with Crippen LogP contribution in [-0.4, -0.2) is 17.8 Å². The average molecular weight is 331 g/mol. The first-order valence-electron chi connectivity index (χ1n) is 6.92. The van der Waals surface area contributed by atoms with E-state index in [0.29, 0.717) is 11.3 Å². The van der Waals surface area contributed by atoms with Crippen molar-refractivity contribution in [2.75, 3.05) is 5.32 Å². The molecule has 6 nitrogen and oxygen atoms in total. The van der Waals surface area contributed by atoms with Crippen LogP contribution >= 0.6 is 0 Å². The van der Waals surface area contributed by atoms with Gasteiger partial charge >= 0.3 is 6.03 Å². The van der Waals surface area contributed by atoms with Gasteiger partial charge in [0, 0.05) is 11.3 Å². The summed E-state index contributed by atoms with van der Waals surface area (Å²) in [5.74, 6) is -3.30. The van der Waals surface area contributed by atoms with Crippen LogP contribution in [0.15, 0.2) is 42.5 Å². The summed E-state index contributed by atoms with van der Waals surface area (Å²) in [5, 5.41) is 7.07. The Morgan fingerprint density at radius 3 is 2.50 bits per heavy atom. The Morgan fingerprint density at radius 1 is 1.04 bits per heavy atom. The van der Waals surface area contributed by atoms with Gasteiger partial charge in [0.2, 0.25) is 0 Å².